The minimum Gasteiger partial charge on any atom is -0.493 e. The molecule has 2 aliphatic heterocycles. The summed E-state index contributed by atoms with van der Waals surface area (Å²) in [5.74, 6) is 0.263. The Bertz CT molecular complexity index is 1250. The summed E-state index contributed by atoms with van der Waals surface area (Å²) >= 11 is 0. The van der Waals surface area contributed by atoms with Crippen LogP contribution in [0.5, 0.6) is 17.2 Å². The molecular weight excluding hydrogens is 429 g/mol. The minimum atomic E-state index is -0.576. The highest BCUT2D eigenvalue weighted by atomic mass is 19.1. The van der Waals surface area contributed by atoms with Gasteiger partial charge in [-0.15, -0.1) is 0 Å². The van der Waals surface area contributed by atoms with Crippen molar-refractivity contribution in [1.82, 2.24) is 9.88 Å². The summed E-state index contributed by atoms with van der Waals surface area (Å²) in [4.78, 5) is 32.9. The zero-order valence-corrected chi connectivity index (χ0v) is 18.6. The molecule has 9 heteroatoms. The van der Waals surface area contributed by atoms with Crippen molar-refractivity contribution in [2.45, 2.75) is 25.4 Å². The van der Waals surface area contributed by atoms with E-state index in [1.165, 1.54) is 38.4 Å². The number of amides is 2. The van der Waals surface area contributed by atoms with Crippen LogP contribution < -0.4 is 19.1 Å². The molecule has 0 radical (unpaired) electrons. The van der Waals surface area contributed by atoms with Gasteiger partial charge in [0.15, 0.2) is 11.5 Å². The van der Waals surface area contributed by atoms with Gasteiger partial charge in [0.25, 0.3) is 5.91 Å². The molecule has 33 heavy (non-hydrogen) atoms. The Morgan fingerprint density at radius 3 is 2.42 bits per heavy atom. The lowest BCUT2D eigenvalue weighted by molar-refractivity contribution is -0.123. The summed E-state index contributed by atoms with van der Waals surface area (Å²) in [6, 6.07) is 7.31. The number of hydrogen-bond donors (Lipinski definition) is 1. The van der Waals surface area contributed by atoms with E-state index in [2.05, 4.69) is 4.98 Å². The first kappa shape index (κ1) is 21.3. The average Bonchev–Trinajstić information content (AvgIpc) is 3.33. The van der Waals surface area contributed by atoms with E-state index >= 15 is 0 Å². The average molecular weight is 453 g/mol. The topological polar surface area (TPSA) is 84.1 Å². The van der Waals surface area contributed by atoms with Gasteiger partial charge >= 0.3 is 0 Å². The number of ether oxygens (including phenoxy) is 3. The van der Waals surface area contributed by atoms with Crippen LogP contribution in [0.1, 0.15) is 17.7 Å². The zero-order chi connectivity index (χ0) is 23.3. The third kappa shape index (κ3) is 3.39. The van der Waals surface area contributed by atoms with Crippen LogP contribution in [-0.2, 0) is 22.6 Å². The molecule has 1 unspecified atom stereocenters. The van der Waals surface area contributed by atoms with E-state index in [1.54, 1.807) is 18.2 Å². The quantitative estimate of drug-likeness (QED) is 0.598. The van der Waals surface area contributed by atoms with Crippen LogP contribution in [0.2, 0.25) is 0 Å². The largest absolute Gasteiger partial charge is 0.493 e. The Labute approximate surface area is 189 Å². The maximum atomic E-state index is 13.7. The first-order chi connectivity index (χ1) is 15.9. The van der Waals surface area contributed by atoms with Gasteiger partial charge in [-0.3, -0.25) is 14.5 Å². The molecule has 3 aromatic rings. The van der Waals surface area contributed by atoms with Crippen molar-refractivity contribution in [3.63, 3.8) is 0 Å². The lowest BCUT2D eigenvalue weighted by Crippen LogP contribution is -2.44. The second-order valence-corrected chi connectivity index (χ2v) is 8.16. The lowest BCUT2D eigenvalue weighted by atomic mass is 10.0. The standard InChI is InChI=1S/C24H24FN3O5/c1-31-20-9-14(10-21(32-2)23(20)33-3)28-22(29)11-19(24(28)30)27-7-6-15-16-8-13(25)4-5-17(16)26-18(15)12-27/h4-5,8-10,19,26H,6-7,11-12H2,1-3H3. The van der Waals surface area contributed by atoms with Crippen LogP contribution in [0.25, 0.3) is 10.9 Å². The molecule has 0 bridgehead atoms. The molecule has 1 fully saturated rings. The van der Waals surface area contributed by atoms with Gasteiger partial charge in [0.1, 0.15) is 5.82 Å². The number of benzene rings is 2. The number of nitrogens with zero attached hydrogens (tertiary/aromatic N) is 2. The highest BCUT2D eigenvalue weighted by molar-refractivity contribution is 6.22. The predicted molar refractivity (Wildman–Crippen MR) is 119 cm³/mol. The monoisotopic (exact) mass is 453 g/mol. The Kier molecular flexibility index (Phi) is 5.20. The minimum absolute atomic E-state index is 0.0830. The fourth-order valence-corrected chi connectivity index (χ4v) is 4.87. The van der Waals surface area contributed by atoms with Crippen molar-refractivity contribution in [3.05, 3.63) is 47.4 Å². The normalized spacial score (nSPS) is 18.7. The number of imide groups is 1. The van der Waals surface area contributed by atoms with Crippen molar-refractivity contribution in [2.24, 2.45) is 0 Å². The number of carbonyl (C=O) groups excluding carboxylic acids is 2. The maximum absolute atomic E-state index is 13.7. The van der Waals surface area contributed by atoms with Gasteiger partial charge in [0.05, 0.1) is 39.5 Å². The van der Waals surface area contributed by atoms with Crippen LogP contribution in [0.15, 0.2) is 30.3 Å². The van der Waals surface area contributed by atoms with Crippen LogP contribution in [-0.4, -0.2) is 55.6 Å². The molecule has 0 spiro atoms. The predicted octanol–water partition coefficient (Wildman–Crippen LogP) is 3.02. The van der Waals surface area contributed by atoms with Crippen LogP contribution >= 0.6 is 0 Å². The fourth-order valence-electron chi connectivity index (χ4n) is 4.87. The summed E-state index contributed by atoms with van der Waals surface area (Å²) in [7, 11) is 4.45. The van der Waals surface area contributed by atoms with Crippen molar-refractivity contribution < 1.29 is 28.2 Å². The van der Waals surface area contributed by atoms with Gasteiger partial charge in [0, 0.05) is 41.8 Å². The molecule has 5 rings (SSSR count). The summed E-state index contributed by atoms with van der Waals surface area (Å²) in [6.45, 7) is 1.08. The van der Waals surface area contributed by atoms with Gasteiger partial charge in [-0.2, -0.15) is 0 Å². The van der Waals surface area contributed by atoms with Crippen molar-refractivity contribution in [1.29, 1.82) is 0 Å². The van der Waals surface area contributed by atoms with Crippen LogP contribution in [0, 0.1) is 5.82 Å². The van der Waals surface area contributed by atoms with Crippen molar-refractivity contribution in [3.8, 4) is 17.2 Å². The molecule has 1 saturated heterocycles. The molecule has 0 aliphatic carbocycles. The fraction of sp³-hybridized carbons (Fsp3) is 0.333. The number of fused-ring (bicyclic) bond motifs is 3. The van der Waals surface area contributed by atoms with E-state index in [4.69, 9.17) is 14.2 Å². The molecule has 2 amide bonds. The first-order valence-corrected chi connectivity index (χ1v) is 10.6. The molecule has 0 saturated carbocycles. The number of H-pyrrole nitrogens is 1. The zero-order valence-electron chi connectivity index (χ0n) is 18.6. The van der Waals surface area contributed by atoms with E-state index in [-0.39, 0.29) is 24.1 Å². The number of hydrogen-bond acceptors (Lipinski definition) is 6. The number of methoxy groups -OCH3 is 3. The number of aromatic nitrogens is 1. The molecular formula is C24H24FN3O5. The van der Waals surface area contributed by atoms with Gasteiger partial charge in [-0.05, 0) is 30.2 Å². The third-order valence-corrected chi connectivity index (χ3v) is 6.44. The number of halogens is 1. The van der Waals surface area contributed by atoms with Gasteiger partial charge in [-0.1, -0.05) is 0 Å². The Morgan fingerprint density at radius 1 is 1.03 bits per heavy atom. The molecule has 8 nitrogen and oxygen atoms in total. The van der Waals surface area contributed by atoms with Crippen LogP contribution in [0.4, 0.5) is 10.1 Å². The maximum Gasteiger partial charge on any atom is 0.251 e. The van der Waals surface area contributed by atoms with E-state index in [0.717, 1.165) is 22.2 Å². The number of aromatic amines is 1. The Balaban J connectivity index is 1.43. The molecule has 1 atom stereocenters. The second-order valence-electron chi connectivity index (χ2n) is 8.16. The van der Waals surface area contributed by atoms with E-state index in [0.29, 0.717) is 42.4 Å². The summed E-state index contributed by atoms with van der Waals surface area (Å²) in [5, 5.41) is 0.873. The van der Waals surface area contributed by atoms with Crippen LogP contribution in [0.3, 0.4) is 0 Å². The number of carbonyl (C=O) groups is 2. The smallest absolute Gasteiger partial charge is 0.251 e. The Hall–Kier alpha value is -3.59. The number of nitrogens with one attached hydrogen (secondary N) is 1. The van der Waals surface area contributed by atoms with Gasteiger partial charge in [0.2, 0.25) is 11.7 Å². The molecule has 1 N–H and O–H groups in total. The van der Waals surface area contributed by atoms with E-state index < -0.39 is 6.04 Å². The highest BCUT2D eigenvalue weighted by Gasteiger charge is 2.44. The molecule has 172 valence electrons. The summed E-state index contributed by atoms with van der Waals surface area (Å²) in [6.07, 6.45) is 0.751. The summed E-state index contributed by atoms with van der Waals surface area (Å²) in [5.41, 5.74) is 3.27. The first-order valence-electron chi connectivity index (χ1n) is 10.6. The third-order valence-electron chi connectivity index (χ3n) is 6.44. The van der Waals surface area contributed by atoms with E-state index in [1.807, 2.05) is 4.90 Å². The van der Waals surface area contributed by atoms with E-state index in [9.17, 15) is 14.0 Å². The van der Waals surface area contributed by atoms with Gasteiger partial charge in [-0.25, -0.2) is 9.29 Å². The van der Waals surface area contributed by atoms with Gasteiger partial charge < -0.3 is 19.2 Å². The lowest BCUT2D eigenvalue weighted by Gasteiger charge is -2.30. The number of rotatable bonds is 5. The highest BCUT2D eigenvalue weighted by Crippen LogP contribution is 2.42. The molecule has 1 aromatic heterocycles. The molecule has 2 aromatic carbocycles. The second kappa shape index (κ2) is 8.08. The Morgan fingerprint density at radius 2 is 1.76 bits per heavy atom. The molecule has 3 heterocycles. The SMILES string of the molecule is COc1cc(N2C(=O)CC(N3CCc4c([nH]c5ccc(F)cc45)C3)C2=O)cc(OC)c1OC. The van der Waals surface area contributed by atoms with Crippen molar-refractivity contribution in [2.75, 3.05) is 32.8 Å². The van der Waals surface area contributed by atoms with Crippen molar-refractivity contribution >= 4 is 28.4 Å². The molecule has 2 aliphatic rings. The number of anilines is 1. The summed E-state index contributed by atoms with van der Waals surface area (Å²) < 4.78 is 29.8.